The summed E-state index contributed by atoms with van der Waals surface area (Å²) in [4.78, 5) is 28.3. The Kier molecular flexibility index (Phi) is 4.75. The molecule has 0 aliphatic rings. The number of fused-ring (bicyclic) bond motifs is 1. The lowest BCUT2D eigenvalue weighted by Gasteiger charge is -2.09. The summed E-state index contributed by atoms with van der Waals surface area (Å²) in [7, 11) is 2.59. The van der Waals surface area contributed by atoms with Crippen LogP contribution in [0.2, 0.25) is 5.02 Å². The standard InChI is InChI=1S/C15H12ClF3N6O3/c1-6-4-8(15(17,18)19)25-12(21-6)9(16)10(23-25)13(26)22-7-5-20-24(2)11(7)14(27)28-3/h4-5H,1-3H3,(H,22,26). The van der Waals surface area contributed by atoms with Gasteiger partial charge >= 0.3 is 12.1 Å². The van der Waals surface area contributed by atoms with Crippen molar-refractivity contribution in [3.05, 3.63) is 40.1 Å². The number of alkyl halides is 3. The molecule has 1 N–H and O–H groups in total. The normalized spacial score (nSPS) is 11.7. The van der Waals surface area contributed by atoms with E-state index in [0.29, 0.717) is 4.52 Å². The number of carbonyl (C=O) groups excluding carboxylic acids is 2. The second-order valence-electron chi connectivity index (χ2n) is 5.65. The van der Waals surface area contributed by atoms with E-state index in [9.17, 15) is 22.8 Å². The molecule has 148 valence electrons. The van der Waals surface area contributed by atoms with E-state index >= 15 is 0 Å². The fourth-order valence-corrected chi connectivity index (χ4v) is 2.76. The van der Waals surface area contributed by atoms with E-state index in [2.05, 4.69) is 25.2 Å². The molecule has 0 unspecified atom stereocenters. The van der Waals surface area contributed by atoms with Crippen molar-refractivity contribution in [1.82, 2.24) is 24.4 Å². The molecule has 3 aromatic heterocycles. The molecule has 9 nitrogen and oxygen atoms in total. The van der Waals surface area contributed by atoms with E-state index < -0.39 is 29.4 Å². The highest BCUT2D eigenvalue weighted by molar-refractivity contribution is 6.37. The lowest BCUT2D eigenvalue weighted by atomic mass is 10.3. The Hall–Kier alpha value is -3.15. The number of ether oxygens (including phenoxy) is 1. The zero-order valence-electron chi connectivity index (χ0n) is 14.6. The number of aryl methyl sites for hydroxylation is 2. The number of halogens is 4. The molecule has 0 spiro atoms. The SMILES string of the molecule is COC(=O)c1c(NC(=O)c2nn3c(C(F)(F)F)cc(C)nc3c2Cl)cnn1C. The number of rotatable bonds is 3. The van der Waals surface area contributed by atoms with E-state index in [4.69, 9.17) is 11.6 Å². The van der Waals surface area contributed by atoms with Gasteiger partial charge in [-0.3, -0.25) is 9.48 Å². The first-order chi connectivity index (χ1) is 13.0. The molecule has 0 atom stereocenters. The van der Waals surface area contributed by atoms with E-state index in [1.165, 1.54) is 24.9 Å². The molecule has 3 heterocycles. The van der Waals surface area contributed by atoms with Crippen LogP contribution >= 0.6 is 11.6 Å². The van der Waals surface area contributed by atoms with Crippen molar-refractivity contribution in [3.8, 4) is 0 Å². The van der Waals surface area contributed by atoms with Gasteiger partial charge in [0.25, 0.3) is 5.91 Å². The number of anilines is 1. The third-order valence-electron chi connectivity index (χ3n) is 3.73. The summed E-state index contributed by atoms with van der Waals surface area (Å²) < 4.78 is 46.1. The van der Waals surface area contributed by atoms with Gasteiger partial charge in [-0.15, -0.1) is 0 Å². The first kappa shape index (κ1) is 19.6. The second kappa shape index (κ2) is 6.78. The molecule has 0 fully saturated rings. The fourth-order valence-electron chi connectivity index (χ4n) is 2.51. The Morgan fingerprint density at radius 1 is 1.32 bits per heavy atom. The Morgan fingerprint density at radius 3 is 2.61 bits per heavy atom. The molecule has 13 heteroatoms. The summed E-state index contributed by atoms with van der Waals surface area (Å²) in [5, 5.41) is 9.48. The lowest BCUT2D eigenvalue weighted by molar-refractivity contribution is -0.142. The Balaban J connectivity index is 2.07. The van der Waals surface area contributed by atoms with Crippen molar-refractivity contribution in [2.75, 3.05) is 12.4 Å². The zero-order chi connectivity index (χ0) is 20.8. The quantitative estimate of drug-likeness (QED) is 0.658. The summed E-state index contributed by atoms with van der Waals surface area (Å²) in [6.45, 7) is 1.36. The van der Waals surface area contributed by atoms with Gasteiger partial charge in [-0.05, 0) is 13.0 Å². The summed E-state index contributed by atoms with van der Waals surface area (Å²) >= 11 is 6.06. The molecule has 3 rings (SSSR count). The summed E-state index contributed by atoms with van der Waals surface area (Å²) in [5.74, 6) is -1.72. The van der Waals surface area contributed by atoms with Crippen molar-refractivity contribution in [2.45, 2.75) is 13.1 Å². The summed E-state index contributed by atoms with van der Waals surface area (Å²) in [6, 6.07) is 0.786. The highest BCUT2D eigenvalue weighted by Crippen LogP contribution is 2.32. The van der Waals surface area contributed by atoms with Crippen molar-refractivity contribution in [3.63, 3.8) is 0 Å². The van der Waals surface area contributed by atoms with Crippen molar-refractivity contribution in [1.29, 1.82) is 0 Å². The number of amides is 1. The average Bonchev–Trinajstić information content (AvgIpc) is 3.13. The van der Waals surface area contributed by atoms with E-state index in [1.807, 2.05) is 0 Å². The lowest BCUT2D eigenvalue weighted by Crippen LogP contribution is -2.18. The molecule has 0 saturated carbocycles. The third-order valence-corrected chi connectivity index (χ3v) is 4.08. The van der Waals surface area contributed by atoms with Gasteiger partial charge in [0, 0.05) is 12.7 Å². The van der Waals surface area contributed by atoms with Crippen LogP contribution in [-0.2, 0) is 18.0 Å². The summed E-state index contributed by atoms with van der Waals surface area (Å²) in [6.07, 6.45) is -3.56. The molecular formula is C15H12ClF3N6O3. The molecule has 3 aromatic rings. The predicted octanol–water partition coefficient (Wildman–Crippen LogP) is 2.48. The topological polar surface area (TPSA) is 103 Å². The average molecular weight is 417 g/mol. The van der Waals surface area contributed by atoms with Crippen LogP contribution in [0.15, 0.2) is 12.3 Å². The van der Waals surface area contributed by atoms with Crippen molar-refractivity contribution >= 4 is 34.8 Å². The van der Waals surface area contributed by atoms with Gasteiger partial charge in [0.2, 0.25) is 0 Å². The summed E-state index contributed by atoms with van der Waals surface area (Å²) in [5.41, 5.74) is -1.99. The molecular weight excluding hydrogens is 405 g/mol. The largest absolute Gasteiger partial charge is 0.464 e. The van der Waals surface area contributed by atoms with Crippen LogP contribution in [0.5, 0.6) is 0 Å². The van der Waals surface area contributed by atoms with Crippen molar-refractivity contribution < 1.29 is 27.5 Å². The molecule has 0 aliphatic heterocycles. The van der Waals surface area contributed by atoms with Crippen LogP contribution in [0.25, 0.3) is 5.65 Å². The van der Waals surface area contributed by atoms with Crippen LogP contribution in [0.3, 0.4) is 0 Å². The predicted molar refractivity (Wildman–Crippen MR) is 90.2 cm³/mol. The minimum absolute atomic E-state index is 0.0207. The number of carbonyl (C=O) groups is 2. The number of aromatic nitrogens is 5. The van der Waals surface area contributed by atoms with Crippen molar-refractivity contribution in [2.24, 2.45) is 7.05 Å². The van der Waals surface area contributed by atoms with Gasteiger partial charge in [-0.2, -0.15) is 23.4 Å². The van der Waals surface area contributed by atoms with Gasteiger partial charge < -0.3 is 10.1 Å². The zero-order valence-corrected chi connectivity index (χ0v) is 15.4. The minimum atomic E-state index is -4.74. The number of nitrogens with zero attached hydrogens (tertiary/aromatic N) is 5. The van der Waals surface area contributed by atoms with Crippen LogP contribution < -0.4 is 5.32 Å². The monoisotopic (exact) mass is 416 g/mol. The highest BCUT2D eigenvalue weighted by atomic mass is 35.5. The first-order valence-electron chi connectivity index (χ1n) is 7.59. The maximum absolute atomic E-state index is 13.3. The number of methoxy groups -OCH3 is 1. The maximum Gasteiger partial charge on any atom is 0.433 e. The van der Waals surface area contributed by atoms with E-state index in [1.54, 1.807) is 0 Å². The smallest absolute Gasteiger partial charge is 0.433 e. The van der Waals surface area contributed by atoms with Crippen LogP contribution in [-0.4, -0.2) is 43.4 Å². The highest BCUT2D eigenvalue weighted by Gasteiger charge is 2.36. The molecule has 0 radical (unpaired) electrons. The molecule has 1 amide bonds. The molecule has 28 heavy (non-hydrogen) atoms. The Labute approximate surface area is 160 Å². The number of esters is 1. The van der Waals surface area contributed by atoms with Gasteiger partial charge in [0.15, 0.2) is 17.0 Å². The molecule has 0 bridgehead atoms. The van der Waals surface area contributed by atoms with Gasteiger partial charge in [-0.1, -0.05) is 11.6 Å². The van der Waals surface area contributed by atoms with E-state index in [0.717, 1.165) is 13.2 Å². The maximum atomic E-state index is 13.3. The fraction of sp³-hybridized carbons (Fsp3) is 0.267. The van der Waals surface area contributed by atoms with E-state index in [-0.39, 0.29) is 27.7 Å². The molecule has 0 aromatic carbocycles. The Morgan fingerprint density at radius 2 is 2.00 bits per heavy atom. The van der Waals surface area contributed by atoms with Gasteiger partial charge in [-0.25, -0.2) is 14.3 Å². The molecule has 0 aliphatic carbocycles. The van der Waals surface area contributed by atoms with Gasteiger partial charge in [0.05, 0.1) is 19.0 Å². The number of hydrogen-bond donors (Lipinski definition) is 1. The van der Waals surface area contributed by atoms with Crippen LogP contribution in [0, 0.1) is 6.92 Å². The van der Waals surface area contributed by atoms with Crippen LogP contribution in [0.1, 0.15) is 32.4 Å². The van der Waals surface area contributed by atoms with Gasteiger partial charge in [0.1, 0.15) is 10.7 Å². The number of hydrogen-bond acceptors (Lipinski definition) is 6. The number of nitrogens with one attached hydrogen (secondary N) is 1. The molecule has 0 saturated heterocycles. The minimum Gasteiger partial charge on any atom is -0.464 e. The third kappa shape index (κ3) is 3.26. The first-order valence-corrected chi connectivity index (χ1v) is 7.97. The Bertz CT molecular complexity index is 1100. The second-order valence-corrected chi connectivity index (χ2v) is 6.03. The van der Waals surface area contributed by atoms with Crippen LogP contribution in [0.4, 0.5) is 18.9 Å².